The predicted molar refractivity (Wildman–Crippen MR) is 70.4 cm³/mol. The van der Waals surface area contributed by atoms with Crippen LogP contribution >= 0.6 is 11.8 Å². The average molecular weight is 230 g/mol. The van der Waals surface area contributed by atoms with E-state index in [9.17, 15) is 0 Å². The summed E-state index contributed by atoms with van der Waals surface area (Å²) in [6.07, 6.45) is 1.29. The monoisotopic (exact) mass is 230 g/mol. The van der Waals surface area contributed by atoms with Crippen molar-refractivity contribution in [2.75, 3.05) is 25.4 Å². The van der Waals surface area contributed by atoms with Crippen LogP contribution in [0.2, 0.25) is 0 Å². The summed E-state index contributed by atoms with van der Waals surface area (Å²) in [6, 6.07) is 0.271. The molecule has 2 N–H and O–H groups in total. The number of thioether (sulfide) groups is 1. The SMILES string of the molecule is CCC1CN(CC(C)(C)C(C)N)CCS1. The highest BCUT2D eigenvalue weighted by Crippen LogP contribution is 2.26. The number of rotatable bonds is 4. The van der Waals surface area contributed by atoms with Crippen LogP contribution in [0.15, 0.2) is 0 Å². The first-order valence-electron chi connectivity index (χ1n) is 6.05. The molecule has 90 valence electrons. The molecule has 1 fully saturated rings. The molecule has 1 rings (SSSR count). The van der Waals surface area contributed by atoms with E-state index in [1.54, 1.807) is 0 Å². The van der Waals surface area contributed by atoms with Crippen molar-refractivity contribution in [1.82, 2.24) is 4.90 Å². The minimum atomic E-state index is 0.236. The molecule has 0 aromatic rings. The Morgan fingerprint density at radius 3 is 2.73 bits per heavy atom. The summed E-state index contributed by atoms with van der Waals surface area (Å²) < 4.78 is 0. The molecule has 0 spiro atoms. The third kappa shape index (κ3) is 3.97. The molecule has 3 heteroatoms. The number of hydrogen-bond donors (Lipinski definition) is 1. The van der Waals surface area contributed by atoms with Gasteiger partial charge in [0.2, 0.25) is 0 Å². The van der Waals surface area contributed by atoms with E-state index in [2.05, 4.69) is 44.4 Å². The summed E-state index contributed by atoms with van der Waals surface area (Å²) in [5.74, 6) is 1.29. The molecule has 0 saturated carbocycles. The fourth-order valence-electron chi connectivity index (χ4n) is 1.89. The Balaban J connectivity index is 2.44. The standard InChI is InChI=1S/C12H26N2S/c1-5-11-8-14(6-7-15-11)9-12(3,4)10(2)13/h10-11H,5-9,13H2,1-4H3. The Hall–Kier alpha value is 0.270. The number of nitrogens with zero attached hydrogens (tertiary/aromatic N) is 1. The molecule has 0 radical (unpaired) electrons. The van der Waals surface area contributed by atoms with Gasteiger partial charge in [0.1, 0.15) is 0 Å². The zero-order valence-corrected chi connectivity index (χ0v) is 11.4. The zero-order valence-electron chi connectivity index (χ0n) is 10.6. The predicted octanol–water partition coefficient (Wildman–Crippen LogP) is 2.19. The fourth-order valence-corrected chi connectivity index (χ4v) is 3.14. The molecule has 0 aromatic carbocycles. The van der Waals surface area contributed by atoms with Gasteiger partial charge in [-0.15, -0.1) is 0 Å². The number of hydrogen-bond acceptors (Lipinski definition) is 3. The van der Waals surface area contributed by atoms with Crippen LogP contribution in [0.25, 0.3) is 0 Å². The normalized spacial score (nSPS) is 26.6. The van der Waals surface area contributed by atoms with Gasteiger partial charge in [0.15, 0.2) is 0 Å². The van der Waals surface area contributed by atoms with E-state index in [0.717, 1.165) is 11.8 Å². The van der Waals surface area contributed by atoms with E-state index < -0.39 is 0 Å². The van der Waals surface area contributed by atoms with Gasteiger partial charge in [0.25, 0.3) is 0 Å². The molecule has 0 amide bonds. The highest BCUT2D eigenvalue weighted by molar-refractivity contribution is 8.00. The molecule has 1 heterocycles. The van der Waals surface area contributed by atoms with Gasteiger partial charge in [0, 0.05) is 36.7 Å². The van der Waals surface area contributed by atoms with Crippen LogP contribution in [0.1, 0.15) is 34.1 Å². The molecule has 2 unspecified atom stereocenters. The first-order chi connectivity index (χ1) is 6.95. The third-order valence-electron chi connectivity index (χ3n) is 3.54. The summed E-state index contributed by atoms with van der Waals surface area (Å²) in [4.78, 5) is 2.59. The summed E-state index contributed by atoms with van der Waals surface area (Å²) in [5.41, 5.74) is 6.26. The Kier molecular flexibility index (Phi) is 4.94. The van der Waals surface area contributed by atoms with Crippen LogP contribution in [-0.4, -0.2) is 41.6 Å². The maximum atomic E-state index is 6.02. The van der Waals surface area contributed by atoms with Crippen LogP contribution in [0.3, 0.4) is 0 Å². The Labute approximate surface area is 99.0 Å². The third-order valence-corrected chi connectivity index (χ3v) is 4.91. The van der Waals surface area contributed by atoms with E-state index >= 15 is 0 Å². The van der Waals surface area contributed by atoms with Crippen molar-refractivity contribution in [2.45, 2.75) is 45.4 Å². The first kappa shape index (κ1) is 13.3. The molecule has 1 saturated heterocycles. The summed E-state index contributed by atoms with van der Waals surface area (Å²) >= 11 is 2.13. The highest BCUT2D eigenvalue weighted by Gasteiger charge is 2.28. The van der Waals surface area contributed by atoms with Crippen LogP contribution in [0.5, 0.6) is 0 Å². The van der Waals surface area contributed by atoms with Crippen molar-refractivity contribution in [1.29, 1.82) is 0 Å². The highest BCUT2D eigenvalue weighted by atomic mass is 32.2. The van der Waals surface area contributed by atoms with Crippen molar-refractivity contribution in [3.63, 3.8) is 0 Å². The largest absolute Gasteiger partial charge is 0.327 e. The van der Waals surface area contributed by atoms with Crippen LogP contribution in [0, 0.1) is 5.41 Å². The summed E-state index contributed by atoms with van der Waals surface area (Å²) in [7, 11) is 0. The smallest absolute Gasteiger partial charge is 0.0172 e. The first-order valence-corrected chi connectivity index (χ1v) is 7.10. The van der Waals surface area contributed by atoms with Crippen molar-refractivity contribution < 1.29 is 0 Å². The maximum absolute atomic E-state index is 6.02. The average Bonchev–Trinajstić information content (AvgIpc) is 2.17. The Bertz CT molecular complexity index is 192. The molecule has 0 bridgehead atoms. The molecule has 1 aliphatic rings. The van der Waals surface area contributed by atoms with Gasteiger partial charge < -0.3 is 10.6 Å². The molecule has 2 atom stereocenters. The second kappa shape index (κ2) is 5.55. The molecular weight excluding hydrogens is 204 g/mol. The van der Waals surface area contributed by atoms with E-state index in [0.29, 0.717) is 0 Å². The van der Waals surface area contributed by atoms with Crippen LogP contribution in [-0.2, 0) is 0 Å². The maximum Gasteiger partial charge on any atom is 0.0172 e. The topological polar surface area (TPSA) is 29.3 Å². The minimum Gasteiger partial charge on any atom is -0.327 e. The molecule has 0 aliphatic carbocycles. The lowest BCUT2D eigenvalue weighted by atomic mass is 9.85. The number of nitrogens with two attached hydrogens (primary N) is 1. The second-order valence-electron chi connectivity index (χ2n) is 5.41. The van der Waals surface area contributed by atoms with Gasteiger partial charge in [-0.1, -0.05) is 20.8 Å². The Morgan fingerprint density at radius 1 is 1.53 bits per heavy atom. The van der Waals surface area contributed by atoms with Crippen LogP contribution < -0.4 is 5.73 Å². The lowest BCUT2D eigenvalue weighted by Crippen LogP contribution is -2.48. The Morgan fingerprint density at radius 2 is 2.20 bits per heavy atom. The van der Waals surface area contributed by atoms with E-state index in [1.807, 2.05) is 0 Å². The van der Waals surface area contributed by atoms with Gasteiger partial charge >= 0.3 is 0 Å². The molecule has 15 heavy (non-hydrogen) atoms. The summed E-state index contributed by atoms with van der Waals surface area (Å²) in [6.45, 7) is 12.6. The lowest BCUT2D eigenvalue weighted by molar-refractivity contribution is 0.160. The van der Waals surface area contributed by atoms with E-state index in [4.69, 9.17) is 5.73 Å². The van der Waals surface area contributed by atoms with Crippen molar-refractivity contribution >= 4 is 11.8 Å². The zero-order chi connectivity index (χ0) is 11.5. The van der Waals surface area contributed by atoms with Crippen LogP contribution in [0.4, 0.5) is 0 Å². The van der Waals surface area contributed by atoms with E-state index in [-0.39, 0.29) is 11.5 Å². The lowest BCUT2D eigenvalue weighted by Gasteiger charge is -2.39. The van der Waals surface area contributed by atoms with Gasteiger partial charge in [-0.2, -0.15) is 11.8 Å². The molecular formula is C12H26N2S. The molecule has 1 aliphatic heterocycles. The van der Waals surface area contributed by atoms with Gasteiger partial charge in [0.05, 0.1) is 0 Å². The second-order valence-corrected chi connectivity index (χ2v) is 6.82. The van der Waals surface area contributed by atoms with Gasteiger partial charge in [-0.05, 0) is 18.8 Å². The van der Waals surface area contributed by atoms with E-state index in [1.165, 1.54) is 25.3 Å². The van der Waals surface area contributed by atoms with Gasteiger partial charge in [-0.3, -0.25) is 0 Å². The quantitative estimate of drug-likeness (QED) is 0.803. The van der Waals surface area contributed by atoms with Crippen molar-refractivity contribution in [2.24, 2.45) is 11.1 Å². The summed E-state index contributed by atoms with van der Waals surface area (Å²) in [5, 5.41) is 0.836. The molecule has 2 nitrogen and oxygen atoms in total. The van der Waals surface area contributed by atoms with Crippen molar-refractivity contribution in [3.8, 4) is 0 Å². The molecule has 0 aromatic heterocycles. The van der Waals surface area contributed by atoms with Crippen molar-refractivity contribution in [3.05, 3.63) is 0 Å². The minimum absolute atomic E-state index is 0.236. The fraction of sp³-hybridized carbons (Fsp3) is 1.00. The van der Waals surface area contributed by atoms with Gasteiger partial charge in [-0.25, -0.2) is 0 Å².